The van der Waals surface area contributed by atoms with Gasteiger partial charge in [-0.2, -0.15) is 13.2 Å². The van der Waals surface area contributed by atoms with Crippen LogP contribution in [0.4, 0.5) is 18.0 Å². The zero-order chi connectivity index (χ0) is 23.2. The number of carbonyl (C=O) groups is 2. The topological polar surface area (TPSA) is 80.8 Å². The van der Waals surface area contributed by atoms with Crippen molar-refractivity contribution >= 4 is 12.0 Å². The number of carbonyl (C=O) groups excluding carboxylic acids is 2. The SMILES string of the molecule is CC(C)(COc1ccncc1C(F)(F)F)NC(=O)[C@H]1[C@@H]2CN(C(=O)OC(C)(C)C)C[C@@H]21. The zero-order valence-electron chi connectivity index (χ0n) is 18.2. The first kappa shape index (κ1) is 23.1. The van der Waals surface area contributed by atoms with E-state index in [-0.39, 0.29) is 42.1 Å². The molecule has 31 heavy (non-hydrogen) atoms. The van der Waals surface area contributed by atoms with Gasteiger partial charge in [0, 0.05) is 31.4 Å². The summed E-state index contributed by atoms with van der Waals surface area (Å²) in [7, 11) is 0. The van der Waals surface area contributed by atoms with Crippen LogP contribution in [-0.2, 0) is 15.7 Å². The average molecular weight is 443 g/mol. The molecule has 1 aliphatic heterocycles. The summed E-state index contributed by atoms with van der Waals surface area (Å²) in [6.07, 6.45) is -3.03. The van der Waals surface area contributed by atoms with E-state index in [0.29, 0.717) is 19.3 Å². The van der Waals surface area contributed by atoms with Crippen molar-refractivity contribution < 1.29 is 32.2 Å². The van der Waals surface area contributed by atoms with Crippen LogP contribution >= 0.6 is 0 Å². The van der Waals surface area contributed by atoms with Gasteiger partial charge in [-0.3, -0.25) is 9.78 Å². The number of hydrogen-bond donors (Lipinski definition) is 1. The molecule has 0 bridgehead atoms. The molecular formula is C21H28F3N3O4. The molecule has 2 fully saturated rings. The Labute approximate surface area is 179 Å². The summed E-state index contributed by atoms with van der Waals surface area (Å²) in [5.74, 6) is -0.591. The molecule has 7 nitrogen and oxygen atoms in total. The molecule has 0 radical (unpaired) electrons. The van der Waals surface area contributed by atoms with Crippen molar-refractivity contribution in [2.45, 2.75) is 51.9 Å². The van der Waals surface area contributed by atoms with Crippen molar-refractivity contribution in [3.05, 3.63) is 24.0 Å². The number of alkyl halides is 3. The first-order chi connectivity index (χ1) is 14.2. The fourth-order valence-electron chi connectivity index (χ4n) is 3.82. The molecule has 1 aromatic heterocycles. The molecule has 2 amide bonds. The second kappa shape index (κ2) is 7.87. The van der Waals surface area contributed by atoms with Gasteiger partial charge in [0.2, 0.25) is 5.91 Å². The van der Waals surface area contributed by atoms with Crippen LogP contribution in [0.5, 0.6) is 5.75 Å². The Kier molecular flexibility index (Phi) is 5.88. The molecule has 3 rings (SSSR count). The van der Waals surface area contributed by atoms with E-state index in [1.165, 1.54) is 6.20 Å². The molecule has 172 valence electrons. The Hall–Kier alpha value is -2.52. The molecule has 3 atom stereocenters. The molecule has 2 heterocycles. The highest BCUT2D eigenvalue weighted by Gasteiger charge is 2.61. The summed E-state index contributed by atoms with van der Waals surface area (Å²) in [6, 6.07) is 1.15. The molecule has 1 aromatic rings. The third kappa shape index (κ3) is 5.59. The van der Waals surface area contributed by atoms with E-state index >= 15 is 0 Å². The first-order valence-corrected chi connectivity index (χ1v) is 10.1. The predicted octanol–water partition coefficient (Wildman–Crippen LogP) is 3.49. The number of amides is 2. The number of rotatable bonds is 5. The van der Waals surface area contributed by atoms with Gasteiger partial charge in [-0.05, 0) is 52.5 Å². The van der Waals surface area contributed by atoms with Crippen molar-refractivity contribution in [3.8, 4) is 5.75 Å². The highest BCUT2D eigenvalue weighted by molar-refractivity contribution is 5.84. The van der Waals surface area contributed by atoms with Crippen molar-refractivity contribution in [2.24, 2.45) is 17.8 Å². The summed E-state index contributed by atoms with van der Waals surface area (Å²) < 4.78 is 50.0. The summed E-state index contributed by atoms with van der Waals surface area (Å²) in [6.45, 7) is 9.54. The Morgan fingerprint density at radius 1 is 1.16 bits per heavy atom. The predicted molar refractivity (Wildman–Crippen MR) is 105 cm³/mol. The highest BCUT2D eigenvalue weighted by Crippen LogP contribution is 2.52. The highest BCUT2D eigenvalue weighted by atomic mass is 19.4. The van der Waals surface area contributed by atoms with Gasteiger partial charge in [-0.1, -0.05) is 0 Å². The van der Waals surface area contributed by atoms with Gasteiger partial charge in [0.1, 0.15) is 23.5 Å². The summed E-state index contributed by atoms with van der Waals surface area (Å²) in [4.78, 5) is 30.0. The molecule has 1 saturated carbocycles. The van der Waals surface area contributed by atoms with E-state index in [9.17, 15) is 22.8 Å². The maximum Gasteiger partial charge on any atom is 0.421 e. The van der Waals surface area contributed by atoms with E-state index in [4.69, 9.17) is 9.47 Å². The zero-order valence-corrected chi connectivity index (χ0v) is 18.2. The van der Waals surface area contributed by atoms with Crippen LogP contribution < -0.4 is 10.1 Å². The fourth-order valence-corrected chi connectivity index (χ4v) is 3.82. The molecule has 1 N–H and O–H groups in total. The van der Waals surface area contributed by atoms with E-state index in [2.05, 4.69) is 10.3 Å². The maximum absolute atomic E-state index is 13.1. The Morgan fingerprint density at radius 2 is 1.77 bits per heavy atom. The van der Waals surface area contributed by atoms with E-state index in [1.54, 1.807) is 39.5 Å². The third-order valence-electron chi connectivity index (χ3n) is 5.29. The summed E-state index contributed by atoms with van der Waals surface area (Å²) in [5.41, 5.74) is -2.42. The number of nitrogens with one attached hydrogen (secondary N) is 1. The van der Waals surface area contributed by atoms with Crippen LogP contribution in [0.15, 0.2) is 18.5 Å². The van der Waals surface area contributed by atoms with Crippen LogP contribution in [0.2, 0.25) is 0 Å². The van der Waals surface area contributed by atoms with E-state index in [1.807, 2.05) is 0 Å². The maximum atomic E-state index is 13.1. The van der Waals surface area contributed by atoms with Gasteiger partial charge in [0.15, 0.2) is 0 Å². The normalized spacial score (nSPS) is 23.2. The van der Waals surface area contributed by atoms with Crippen LogP contribution in [0.1, 0.15) is 40.2 Å². The smallest absolute Gasteiger partial charge is 0.421 e. The van der Waals surface area contributed by atoms with Crippen molar-refractivity contribution in [1.82, 2.24) is 15.2 Å². The van der Waals surface area contributed by atoms with Crippen molar-refractivity contribution in [3.63, 3.8) is 0 Å². The lowest BCUT2D eigenvalue weighted by Gasteiger charge is -2.28. The van der Waals surface area contributed by atoms with Gasteiger partial charge in [0.25, 0.3) is 0 Å². The number of aromatic nitrogens is 1. The van der Waals surface area contributed by atoms with E-state index in [0.717, 1.165) is 6.07 Å². The number of pyridine rings is 1. The van der Waals surface area contributed by atoms with Crippen LogP contribution in [0, 0.1) is 17.8 Å². The summed E-state index contributed by atoms with van der Waals surface area (Å²) in [5, 5.41) is 2.86. The first-order valence-electron chi connectivity index (χ1n) is 10.1. The minimum Gasteiger partial charge on any atom is -0.490 e. The van der Waals surface area contributed by atoms with Gasteiger partial charge in [-0.25, -0.2) is 4.79 Å². The monoisotopic (exact) mass is 443 g/mol. The second-order valence-electron chi connectivity index (χ2n) is 9.77. The van der Waals surface area contributed by atoms with Gasteiger partial charge in [-0.15, -0.1) is 0 Å². The number of nitrogens with zero attached hydrogens (tertiary/aromatic N) is 2. The number of fused-ring (bicyclic) bond motifs is 1. The number of piperidine rings is 1. The van der Waals surface area contributed by atoms with Gasteiger partial charge >= 0.3 is 12.3 Å². The Morgan fingerprint density at radius 3 is 2.32 bits per heavy atom. The standard InChI is InChI=1S/C21H28F3N3O4/c1-19(2,3)31-18(29)27-9-12-13(10-27)16(12)17(28)26-20(4,5)11-30-15-6-7-25-8-14(15)21(22,23)24/h6-8,12-13,16H,9-11H2,1-5H3,(H,26,28)/t12-,13+,16+. The van der Waals surface area contributed by atoms with Crippen molar-refractivity contribution in [1.29, 1.82) is 0 Å². The molecule has 10 heteroatoms. The van der Waals surface area contributed by atoms with Crippen LogP contribution in [-0.4, -0.2) is 52.7 Å². The number of halogens is 3. The van der Waals surface area contributed by atoms with Gasteiger partial charge < -0.3 is 19.7 Å². The average Bonchev–Trinajstić information content (AvgIpc) is 3.12. The summed E-state index contributed by atoms with van der Waals surface area (Å²) >= 11 is 0. The number of likely N-dealkylation sites (tertiary alicyclic amines) is 1. The van der Waals surface area contributed by atoms with Crippen LogP contribution in [0.3, 0.4) is 0 Å². The lowest BCUT2D eigenvalue weighted by atomic mass is 10.1. The second-order valence-corrected chi connectivity index (χ2v) is 9.77. The number of hydrogen-bond acceptors (Lipinski definition) is 5. The molecule has 0 spiro atoms. The van der Waals surface area contributed by atoms with E-state index < -0.39 is 22.9 Å². The molecule has 0 unspecified atom stereocenters. The molecule has 2 aliphatic rings. The molecular weight excluding hydrogens is 415 g/mol. The quantitative estimate of drug-likeness (QED) is 0.754. The Balaban J connectivity index is 1.51. The van der Waals surface area contributed by atoms with Crippen molar-refractivity contribution in [2.75, 3.05) is 19.7 Å². The molecule has 1 aliphatic carbocycles. The van der Waals surface area contributed by atoms with Gasteiger partial charge in [0.05, 0.1) is 5.54 Å². The molecule has 1 saturated heterocycles. The lowest BCUT2D eigenvalue weighted by Crippen LogP contribution is -2.49. The minimum absolute atomic E-state index is 0.0706. The third-order valence-corrected chi connectivity index (χ3v) is 5.29. The minimum atomic E-state index is -4.58. The van der Waals surface area contributed by atoms with Crippen LogP contribution in [0.25, 0.3) is 0 Å². The Bertz CT molecular complexity index is 839. The fraction of sp³-hybridized carbons (Fsp3) is 0.667. The lowest BCUT2D eigenvalue weighted by molar-refractivity contribution is -0.139. The molecule has 0 aromatic carbocycles. The number of ether oxygens (including phenoxy) is 2. The largest absolute Gasteiger partial charge is 0.490 e.